The molecule has 1 aromatic carbocycles. The van der Waals surface area contributed by atoms with Crippen molar-refractivity contribution in [1.29, 1.82) is 0 Å². The summed E-state index contributed by atoms with van der Waals surface area (Å²) < 4.78 is 0. The van der Waals surface area contributed by atoms with Crippen molar-refractivity contribution in [2.75, 3.05) is 5.73 Å². The van der Waals surface area contributed by atoms with Crippen molar-refractivity contribution in [2.45, 2.75) is 32.6 Å². The number of carbonyl (C=O) groups is 1. The van der Waals surface area contributed by atoms with Gasteiger partial charge in [-0.2, -0.15) is 0 Å². The van der Waals surface area contributed by atoms with Gasteiger partial charge in [-0.3, -0.25) is 4.79 Å². The Labute approximate surface area is 96.2 Å². The number of benzene rings is 1. The van der Waals surface area contributed by atoms with Crippen molar-refractivity contribution in [3.05, 3.63) is 41.0 Å². The molecule has 2 heteroatoms. The van der Waals surface area contributed by atoms with E-state index in [1.807, 2.05) is 19.1 Å². The summed E-state index contributed by atoms with van der Waals surface area (Å²) in [7, 11) is 0. The minimum atomic E-state index is 0.157. The van der Waals surface area contributed by atoms with E-state index >= 15 is 0 Å². The summed E-state index contributed by atoms with van der Waals surface area (Å²) in [6.45, 7) is 1.95. The minimum Gasteiger partial charge on any atom is -0.399 e. The lowest BCUT2D eigenvalue weighted by Crippen LogP contribution is -2.08. The first-order valence-electron chi connectivity index (χ1n) is 5.78. The average molecular weight is 215 g/mol. The molecule has 0 bridgehead atoms. The molecule has 0 aromatic heterocycles. The molecule has 0 atom stereocenters. The van der Waals surface area contributed by atoms with Crippen molar-refractivity contribution in [1.82, 2.24) is 0 Å². The SMILES string of the molecule is Cc1ccc(N)cc1C(=O)C1=CCCCC1. The first kappa shape index (κ1) is 10.9. The largest absolute Gasteiger partial charge is 0.399 e. The van der Waals surface area contributed by atoms with Crippen molar-refractivity contribution in [2.24, 2.45) is 0 Å². The minimum absolute atomic E-state index is 0.157. The number of Topliss-reactive ketones (excluding diaryl/α,β-unsaturated/α-hetero) is 1. The van der Waals surface area contributed by atoms with Crippen LogP contribution in [0.25, 0.3) is 0 Å². The number of ketones is 1. The highest BCUT2D eigenvalue weighted by Gasteiger charge is 2.16. The van der Waals surface area contributed by atoms with E-state index in [-0.39, 0.29) is 5.78 Å². The van der Waals surface area contributed by atoms with E-state index in [2.05, 4.69) is 6.08 Å². The van der Waals surface area contributed by atoms with Crippen LogP contribution in [0.15, 0.2) is 29.8 Å². The maximum atomic E-state index is 12.2. The normalized spacial score (nSPS) is 15.7. The van der Waals surface area contributed by atoms with Gasteiger partial charge in [-0.25, -0.2) is 0 Å². The highest BCUT2D eigenvalue weighted by molar-refractivity contribution is 6.10. The monoisotopic (exact) mass is 215 g/mol. The second-order valence-corrected chi connectivity index (χ2v) is 4.38. The van der Waals surface area contributed by atoms with Gasteiger partial charge in [-0.15, -0.1) is 0 Å². The van der Waals surface area contributed by atoms with Crippen LogP contribution in [0.1, 0.15) is 41.6 Å². The summed E-state index contributed by atoms with van der Waals surface area (Å²) in [4.78, 5) is 12.2. The third-order valence-corrected chi connectivity index (χ3v) is 3.09. The van der Waals surface area contributed by atoms with E-state index < -0.39 is 0 Å². The lowest BCUT2D eigenvalue weighted by Gasteiger charge is -2.13. The molecule has 0 heterocycles. The average Bonchev–Trinajstić information content (AvgIpc) is 2.32. The third kappa shape index (κ3) is 2.16. The Morgan fingerprint density at radius 2 is 2.12 bits per heavy atom. The Hall–Kier alpha value is -1.57. The van der Waals surface area contributed by atoms with Crippen LogP contribution in [-0.2, 0) is 0 Å². The first-order chi connectivity index (χ1) is 7.68. The number of rotatable bonds is 2. The standard InChI is InChI=1S/C14H17NO/c1-10-7-8-12(15)9-13(10)14(16)11-5-3-2-4-6-11/h5,7-9H,2-4,6,15H2,1H3. The van der Waals surface area contributed by atoms with E-state index in [4.69, 9.17) is 5.73 Å². The van der Waals surface area contributed by atoms with Gasteiger partial charge in [0.1, 0.15) is 0 Å². The van der Waals surface area contributed by atoms with Gasteiger partial charge >= 0.3 is 0 Å². The molecule has 2 nitrogen and oxygen atoms in total. The Bertz CT molecular complexity index is 446. The Morgan fingerprint density at radius 3 is 2.81 bits per heavy atom. The van der Waals surface area contributed by atoms with Gasteiger partial charge in [0.15, 0.2) is 5.78 Å². The molecular weight excluding hydrogens is 198 g/mol. The van der Waals surface area contributed by atoms with Gasteiger partial charge in [0.2, 0.25) is 0 Å². The maximum Gasteiger partial charge on any atom is 0.189 e. The van der Waals surface area contributed by atoms with Gasteiger partial charge in [-0.1, -0.05) is 12.1 Å². The molecule has 0 aliphatic heterocycles. The molecule has 0 saturated carbocycles. The van der Waals surface area contributed by atoms with E-state index in [9.17, 15) is 4.79 Å². The van der Waals surface area contributed by atoms with Crippen molar-refractivity contribution < 1.29 is 4.79 Å². The lowest BCUT2D eigenvalue weighted by atomic mass is 9.91. The summed E-state index contributed by atoms with van der Waals surface area (Å²) in [5.74, 6) is 0.157. The molecule has 1 aromatic rings. The first-order valence-corrected chi connectivity index (χ1v) is 5.78. The highest BCUT2D eigenvalue weighted by Crippen LogP contribution is 2.23. The van der Waals surface area contributed by atoms with Crippen LogP contribution >= 0.6 is 0 Å². The number of nitrogens with two attached hydrogens (primary N) is 1. The smallest absolute Gasteiger partial charge is 0.189 e. The number of aryl methyl sites for hydroxylation is 1. The Kier molecular flexibility index (Phi) is 3.09. The Morgan fingerprint density at radius 1 is 1.31 bits per heavy atom. The predicted molar refractivity (Wildman–Crippen MR) is 66.5 cm³/mol. The molecule has 1 aliphatic carbocycles. The van der Waals surface area contributed by atoms with E-state index in [1.165, 1.54) is 6.42 Å². The molecule has 16 heavy (non-hydrogen) atoms. The molecule has 1 aliphatic rings. The Balaban J connectivity index is 2.33. The van der Waals surface area contributed by atoms with Crippen LogP contribution in [0.3, 0.4) is 0 Å². The number of hydrogen-bond acceptors (Lipinski definition) is 2. The third-order valence-electron chi connectivity index (χ3n) is 3.09. The topological polar surface area (TPSA) is 43.1 Å². The van der Waals surface area contributed by atoms with Crippen LogP contribution in [-0.4, -0.2) is 5.78 Å². The fourth-order valence-corrected chi connectivity index (χ4v) is 2.10. The van der Waals surface area contributed by atoms with Crippen LogP contribution in [0.2, 0.25) is 0 Å². The molecule has 0 radical (unpaired) electrons. The number of allylic oxidation sites excluding steroid dienone is 2. The summed E-state index contributed by atoms with van der Waals surface area (Å²) >= 11 is 0. The molecule has 84 valence electrons. The summed E-state index contributed by atoms with van der Waals surface area (Å²) in [6.07, 6.45) is 6.34. The zero-order valence-electron chi connectivity index (χ0n) is 9.62. The summed E-state index contributed by atoms with van der Waals surface area (Å²) in [5.41, 5.74) is 9.10. The van der Waals surface area contributed by atoms with Crippen molar-refractivity contribution >= 4 is 11.5 Å². The van der Waals surface area contributed by atoms with Crippen LogP contribution < -0.4 is 5.73 Å². The van der Waals surface area contributed by atoms with Crippen LogP contribution in [0, 0.1) is 6.92 Å². The van der Waals surface area contributed by atoms with E-state index in [0.29, 0.717) is 5.69 Å². The van der Waals surface area contributed by atoms with Crippen LogP contribution in [0.5, 0.6) is 0 Å². The highest BCUT2D eigenvalue weighted by atomic mass is 16.1. The van der Waals surface area contributed by atoms with Crippen molar-refractivity contribution in [3.63, 3.8) is 0 Å². The maximum absolute atomic E-state index is 12.2. The summed E-state index contributed by atoms with van der Waals surface area (Å²) in [6, 6.07) is 5.53. The quantitative estimate of drug-likeness (QED) is 0.607. The van der Waals surface area contributed by atoms with Gasteiger partial charge in [0.05, 0.1) is 0 Å². The zero-order valence-corrected chi connectivity index (χ0v) is 9.62. The molecule has 2 N–H and O–H groups in total. The van der Waals surface area contributed by atoms with Gasteiger partial charge < -0.3 is 5.73 Å². The second-order valence-electron chi connectivity index (χ2n) is 4.38. The fraction of sp³-hybridized carbons (Fsp3) is 0.357. The number of carbonyl (C=O) groups excluding carboxylic acids is 1. The molecule has 0 fully saturated rings. The molecule has 0 saturated heterocycles. The van der Waals surface area contributed by atoms with Gasteiger partial charge in [0, 0.05) is 11.3 Å². The number of nitrogen functional groups attached to an aromatic ring is 1. The zero-order chi connectivity index (χ0) is 11.5. The van der Waals surface area contributed by atoms with Crippen molar-refractivity contribution in [3.8, 4) is 0 Å². The van der Waals surface area contributed by atoms with Gasteiger partial charge in [0.25, 0.3) is 0 Å². The van der Waals surface area contributed by atoms with Gasteiger partial charge in [-0.05, 0) is 55.9 Å². The molecular formula is C14H17NO. The lowest BCUT2D eigenvalue weighted by molar-refractivity contribution is 0.102. The molecule has 0 spiro atoms. The van der Waals surface area contributed by atoms with Crippen LogP contribution in [0.4, 0.5) is 5.69 Å². The number of anilines is 1. The second kappa shape index (κ2) is 4.52. The predicted octanol–water partition coefficient (Wildman–Crippen LogP) is 3.26. The molecule has 0 amide bonds. The van der Waals surface area contributed by atoms with E-state index in [0.717, 1.165) is 36.0 Å². The molecule has 2 rings (SSSR count). The fourth-order valence-electron chi connectivity index (χ4n) is 2.10. The molecule has 0 unspecified atom stereocenters. The van der Waals surface area contributed by atoms with E-state index in [1.54, 1.807) is 6.07 Å². The summed E-state index contributed by atoms with van der Waals surface area (Å²) in [5, 5.41) is 0. The number of hydrogen-bond donors (Lipinski definition) is 1.